The van der Waals surface area contributed by atoms with Crippen LogP contribution in [-0.4, -0.2) is 0 Å². The van der Waals surface area contributed by atoms with Crippen LogP contribution in [0.4, 0.5) is 0 Å². The third-order valence-corrected chi connectivity index (χ3v) is 2.78. The second-order valence-electron chi connectivity index (χ2n) is 3.12. The average Bonchev–Trinajstić information content (AvgIpc) is 2.53. The number of rotatable bonds is 2. The second-order valence-corrected chi connectivity index (χ2v) is 4.21. The minimum Gasteiger partial charge on any atom is -1.00 e. The predicted octanol–water partition coefficient (Wildman–Crippen LogP) is -0.604. The highest BCUT2D eigenvalue weighted by Crippen LogP contribution is 2.03. The highest BCUT2D eigenvalue weighted by atomic mass is 35.5. The first-order valence-corrected chi connectivity index (χ1v) is 5.21. The van der Waals surface area contributed by atoms with Crippen molar-refractivity contribution < 1.29 is 17.0 Å². The molecule has 0 fully saturated rings. The Morgan fingerprint density at radius 3 is 2.50 bits per heavy atom. The van der Waals surface area contributed by atoms with E-state index in [0.717, 1.165) is 6.54 Å². The van der Waals surface area contributed by atoms with Crippen LogP contribution in [0.2, 0.25) is 0 Å². The summed E-state index contributed by atoms with van der Waals surface area (Å²) in [5.74, 6) is 0. The number of hydrogen-bond acceptors (Lipinski definition) is 1. The SMILES string of the molecule is Cc1c[n+](Cc2ccccc2)cs1.[Cl-]. The first-order valence-electron chi connectivity index (χ1n) is 4.33. The van der Waals surface area contributed by atoms with Gasteiger partial charge in [0.05, 0.1) is 4.88 Å². The van der Waals surface area contributed by atoms with Gasteiger partial charge in [0.1, 0.15) is 0 Å². The molecule has 1 heterocycles. The van der Waals surface area contributed by atoms with Crippen LogP contribution in [0.5, 0.6) is 0 Å². The molecule has 2 rings (SSSR count). The van der Waals surface area contributed by atoms with Crippen molar-refractivity contribution in [2.75, 3.05) is 0 Å². The van der Waals surface area contributed by atoms with E-state index in [1.54, 1.807) is 11.3 Å². The predicted molar refractivity (Wildman–Crippen MR) is 54.8 cm³/mol. The molecule has 1 nitrogen and oxygen atoms in total. The Balaban J connectivity index is 0.000000980. The molecule has 0 bridgehead atoms. The van der Waals surface area contributed by atoms with Crippen molar-refractivity contribution in [1.82, 2.24) is 0 Å². The first-order chi connectivity index (χ1) is 6.34. The van der Waals surface area contributed by atoms with Gasteiger partial charge in [-0.25, -0.2) is 0 Å². The van der Waals surface area contributed by atoms with Gasteiger partial charge in [0, 0.05) is 5.56 Å². The number of thiazole rings is 1. The Bertz CT molecular complexity index is 383. The topological polar surface area (TPSA) is 3.88 Å². The van der Waals surface area contributed by atoms with Crippen LogP contribution in [0, 0.1) is 6.92 Å². The van der Waals surface area contributed by atoms with Gasteiger partial charge < -0.3 is 12.4 Å². The van der Waals surface area contributed by atoms with Gasteiger partial charge in [-0.15, -0.1) is 0 Å². The van der Waals surface area contributed by atoms with Gasteiger partial charge >= 0.3 is 0 Å². The number of halogens is 1. The van der Waals surface area contributed by atoms with Crippen LogP contribution in [0.25, 0.3) is 0 Å². The van der Waals surface area contributed by atoms with Gasteiger partial charge in [0.2, 0.25) is 5.51 Å². The molecule has 0 spiro atoms. The molecule has 0 aliphatic rings. The highest BCUT2D eigenvalue weighted by molar-refractivity contribution is 7.09. The molecule has 0 saturated heterocycles. The molecule has 1 aromatic carbocycles. The molecule has 0 N–H and O–H groups in total. The molecule has 0 unspecified atom stereocenters. The summed E-state index contributed by atoms with van der Waals surface area (Å²) in [4.78, 5) is 1.36. The summed E-state index contributed by atoms with van der Waals surface area (Å²) in [6.07, 6.45) is 2.18. The number of nitrogens with zero attached hydrogens (tertiary/aromatic N) is 1. The Labute approximate surface area is 94.4 Å². The van der Waals surface area contributed by atoms with Crippen molar-refractivity contribution in [3.8, 4) is 0 Å². The van der Waals surface area contributed by atoms with E-state index < -0.39 is 0 Å². The lowest BCUT2D eigenvalue weighted by atomic mass is 10.2. The van der Waals surface area contributed by atoms with Gasteiger partial charge in [0.25, 0.3) is 0 Å². The maximum atomic E-state index is 2.22. The zero-order valence-corrected chi connectivity index (χ0v) is 9.55. The molecule has 0 amide bonds. The van der Waals surface area contributed by atoms with Crippen molar-refractivity contribution >= 4 is 11.3 Å². The lowest BCUT2D eigenvalue weighted by Crippen LogP contribution is -3.00. The van der Waals surface area contributed by atoms with Gasteiger partial charge in [-0.3, -0.25) is 0 Å². The molecule has 0 radical (unpaired) electrons. The summed E-state index contributed by atoms with van der Waals surface area (Å²) in [5, 5.41) is 0. The third-order valence-electron chi connectivity index (χ3n) is 1.93. The van der Waals surface area contributed by atoms with Gasteiger partial charge in [-0.2, -0.15) is 4.57 Å². The Morgan fingerprint density at radius 1 is 1.21 bits per heavy atom. The van der Waals surface area contributed by atoms with Crippen LogP contribution in [-0.2, 0) is 6.54 Å². The zero-order valence-electron chi connectivity index (χ0n) is 7.98. The van der Waals surface area contributed by atoms with Crippen LogP contribution in [0.15, 0.2) is 42.0 Å². The van der Waals surface area contributed by atoms with E-state index in [1.807, 2.05) is 6.07 Å². The molecular formula is C11H12ClNS. The Hall–Kier alpha value is -0.860. The van der Waals surface area contributed by atoms with Crippen LogP contribution in [0.3, 0.4) is 0 Å². The van der Waals surface area contributed by atoms with E-state index in [1.165, 1.54) is 10.4 Å². The summed E-state index contributed by atoms with van der Waals surface area (Å²) in [6.45, 7) is 3.11. The highest BCUT2D eigenvalue weighted by Gasteiger charge is 2.03. The Morgan fingerprint density at radius 2 is 1.93 bits per heavy atom. The fourth-order valence-electron chi connectivity index (χ4n) is 1.32. The molecule has 0 atom stereocenters. The largest absolute Gasteiger partial charge is 1.00 e. The van der Waals surface area contributed by atoms with Gasteiger partial charge in [-0.05, 0) is 6.92 Å². The molecular weight excluding hydrogens is 214 g/mol. The molecule has 0 aliphatic carbocycles. The molecule has 14 heavy (non-hydrogen) atoms. The summed E-state index contributed by atoms with van der Waals surface area (Å²) in [7, 11) is 0. The minimum atomic E-state index is 0. The van der Waals surface area contributed by atoms with Gasteiger partial charge in [0.15, 0.2) is 12.7 Å². The van der Waals surface area contributed by atoms with Crippen molar-refractivity contribution in [3.63, 3.8) is 0 Å². The molecule has 74 valence electrons. The first kappa shape index (κ1) is 11.2. The number of aromatic nitrogens is 1. The fourth-order valence-corrected chi connectivity index (χ4v) is 1.96. The third kappa shape index (κ3) is 2.82. The molecule has 3 heteroatoms. The molecule has 2 aromatic rings. The number of aryl methyl sites for hydroxylation is 1. The van der Waals surface area contributed by atoms with E-state index >= 15 is 0 Å². The summed E-state index contributed by atoms with van der Waals surface area (Å²) in [5.41, 5.74) is 3.51. The van der Waals surface area contributed by atoms with E-state index in [9.17, 15) is 0 Å². The maximum absolute atomic E-state index is 2.22. The number of benzene rings is 1. The normalized spacial score (nSPS) is 9.50. The summed E-state index contributed by atoms with van der Waals surface area (Å²) >= 11 is 1.79. The van der Waals surface area contributed by atoms with Crippen LogP contribution in [0.1, 0.15) is 10.4 Å². The zero-order chi connectivity index (χ0) is 9.10. The minimum absolute atomic E-state index is 0. The molecule has 1 aromatic heterocycles. The average molecular weight is 226 g/mol. The molecule has 0 saturated carbocycles. The lowest BCUT2D eigenvalue weighted by Gasteiger charge is -1.92. The van der Waals surface area contributed by atoms with E-state index in [4.69, 9.17) is 0 Å². The standard InChI is InChI=1S/C11H12NS.ClH/c1-10-7-12(9-13-10)8-11-5-3-2-4-6-11;/h2-7,9H,8H2,1H3;1H/q+1;/p-1. The quantitative estimate of drug-likeness (QED) is 0.601. The lowest BCUT2D eigenvalue weighted by molar-refractivity contribution is -0.683. The summed E-state index contributed by atoms with van der Waals surface area (Å²) in [6, 6.07) is 10.5. The summed E-state index contributed by atoms with van der Waals surface area (Å²) < 4.78 is 2.22. The Kier molecular flexibility index (Phi) is 4.11. The van der Waals surface area contributed by atoms with Crippen molar-refractivity contribution in [2.24, 2.45) is 0 Å². The van der Waals surface area contributed by atoms with Crippen LogP contribution < -0.4 is 17.0 Å². The van der Waals surface area contributed by atoms with E-state index in [0.29, 0.717) is 0 Å². The number of hydrogen-bond donors (Lipinski definition) is 0. The van der Waals surface area contributed by atoms with E-state index in [-0.39, 0.29) is 12.4 Å². The van der Waals surface area contributed by atoms with Crippen molar-refractivity contribution in [3.05, 3.63) is 52.5 Å². The van der Waals surface area contributed by atoms with Crippen LogP contribution >= 0.6 is 11.3 Å². The van der Waals surface area contributed by atoms with Crippen molar-refractivity contribution in [2.45, 2.75) is 13.5 Å². The maximum Gasteiger partial charge on any atom is 0.225 e. The molecule has 0 aliphatic heterocycles. The van der Waals surface area contributed by atoms with Crippen molar-refractivity contribution in [1.29, 1.82) is 0 Å². The van der Waals surface area contributed by atoms with Gasteiger partial charge in [-0.1, -0.05) is 41.7 Å². The second kappa shape index (κ2) is 5.13. The monoisotopic (exact) mass is 225 g/mol. The van der Waals surface area contributed by atoms with E-state index in [2.05, 4.69) is 47.5 Å². The fraction of sp³-hybridized carbons (Fsp3) is 0.182. The smallest absolute Gasteiger partial charge is 0.225 e.